The molecule has 0 atom stereocenters. The van der Waals surface area contributed by atoms with E-state index in [4.69, 9.17) is 0 Å². The van der Waals surface area contributed by atoms with Gasteiger partial charge in [-0.15, -0.1) is 0 Å². The summed E-state index contributed by atoms with van der Waals surface area (Å²) in [6.45, 7) is 0. The van der Waals surface area contributed by atoms with Crippen LogP contribution in [0.1, 0.15) is 5.82 Å². The van der Waals surface area contributed by atoms with Crippen molar-refractivity contribution in [3.05, 3.63) is 18.2 Å². The molecule has 0 aromatic carbocycles. The summed E-state index contributed by atoms with van der Waals surface area (Å²) in [5.74, 6) is 2.47. The number of H-pyrrole nitrogens is 1. The van der Waals surface area contributed by atoms with Gasteiger partial charge in [-0.3, -0.25) is 0 Å². The number of hydrogen-bond donors (Lipinski definition) is 1. The van der Waals surface area contributed by atoms with Gasteiger partial charge in [-0.1, -0.05) is 10.7 Å². The second-order valence-corrected chi connectivity index (χ2v) is 2.38. The third-order valence-electron chi connectivity index (χ3n) is 0.809. The Morgan fingerprint density at radius 3 is 2.64 bits per heavy atom. The van der Waals surface area contributed by atoms with Crippen LogP contribution < -0.4 is 0 Å². The fourth-order valence-corrected chi connectivity index (χ4v) is 0.870. The summed E-state index contributed by atoms with van der Waals surface area (Å²) in [5.41, 5.74) is 0. The van der Waals surface area contributed by atoms with Crippen LogP contribution in [0.5, 0.6) is 0 Å². The Kier molecular flexibility index (Phi) is 6.23. The molecule has 60 valence electrons. The quantitative estimate of drug-likeness (QED) is 0.531. The third kappa shape index (κ3) is 5.02. The van der Waals surface area contributed by atoms with Crippen molar-refractivity contribution in [1.82, 2.24) is 9.97 Å². The molecule has 0 amide bonds. The zero-order valence-electron chi connectivity index (χ0n) is 6.24. The summed E-state index contributed by atoms with van der Waals surface area (Å²) in [6.07, 6.45) is 3.10. The molecule has 0 aliphatic heterocycles. The topological polar surface area (TPSA) is 62.8 Å². The molecule has 0 unspecified atom stereocenters. The number of aromatic nitrogens is 2. The maximum absolute atomic E-state index is 10.0. The first-order valence-corrected chi connectivity index (χ1v) is 5.69. The van der Waals surface area contributed by atoms with Crippen molar-refractivity contribution in [2.45, 2.75) is 11.5 Å². The zero-order chi connectivity index (χ0) is 8.69. The van der Waals surface area contributed by atoms with Gasteiger partial charge in [-0.2, -0.15) is 0 Å². The molecule has 0 aliphatic carbocycles. The number of nitrogens with one attached hydrogen (secondary N) is 1. The van der Waals surface area contributed by atoms with Crippen LogP contribution in [-0.4, -0.2) is 26.3 Å². The van der Waals surface area contributed by atoms with Crippen LogP contribution in [0.2, 0.25) is 5.79 Å². The maximum atomic E-state index is 10.0. The Balaban J connectivity index is 0.000000461. The van der Waals surface area contributed by atoms with Crippen molar-refractivity contribution >= 4 is 27.0 Å². The monoisotopic (exact) mass is 188 g/mol. The first kappa shape index (κ1) is 10.7. The molecular formula is C5H9AlN2O2S. The summed E-state index contributed by atoms with van der Waals surface area (Å²) in [6, 6.07) is 0. The first-order chi connectivity index (χ1) is 5.29. The van der Waals surface area contributed by atoms with Crippen LogP contribution >= 0.6 is 0 Å². The standard InChI is InChI=1S/C4H5N2O2S.CH3.Al.H/c7-9(8)3-4-5-1-2-6-4;;;/h1-2H,3H2,(H,5,6);1H3;;/q-1;;+1;. The molecule has 1 rings (SSSR count). The summed E-state index contributed by atoms with van der Waals surface area (Å²) < 4.78 is 20.0. The van der Waals surface area contributed by atoms with E-state index in [9.17, 15) is 8.42 Å². The molecule has 4 nitrogen and oxygen atoms in total. The van der Waals surface area contributed by atoms with Crippen molar-refractivity contribution in [3.63, 3.8) is 0 Å². The molecule has 6 heteroatoms. The minimum absolute atomic E-state index is 0.0347. The zero-order valence-corrected chi connectivity index (χ0v) is 8.47. The Morgan fingerprint density at radius 1 is 1.64 bits per heavy atom. The number of rotatable bonds is 2. The number of aromatic amines is 1. The van der Waals surface area contributed by atoms with Crippen molar-refractivity contribution in [3.8, 4) is 0 Å². The first-order valence-electron chi connectivity index (χ1n) is 3.04. The van der Waals surface area contributed by atoms with Crippen LogP contribution in [-0.2, 0) is 24.9 Å². The molecule has 0 fully saturated rings. The summed E-state index contributed by atoms with van der Waals surface area (Å²) in [4.78, 5) is 6.37. The van der Waals surface area contributed by atoms with Crippen molar-refractivity contribution in [2.24, 2.45) is 0 Å². The van der Waals surface area contributed by atoms with Gasteiger partial charge in [0.25, 0.3) is 0 Å². The molecule has 0 aliphatic rings. The van der Waals surface area contributed by atoms with E-state index in [1.807, 2.05) is 22.1 Å². The van der Waals surface area contributed by atoms with Gasteiger partial charge in [0.05, 0.1) is 5.82 Å². The Labute approximate surface area is 75.4 Å². The van der Waals surface area contributed by atoms with Gasteiger partial charge >= 0.3 is 22.1 Å². The summed E-state index contributed by atoms with van der Waals surface area (Å²) >= 11 is 1.86. The van der Waals surface area contributed by atoms with Crippen LogP contribution in [0.4, 0.5) is 0 Å². The molecule has 1 N–H and O–H groups in total. The van der Waals surface area contributed by atoms with Crippen molar-refractivity contribution in [1.29, 1.82) is 0 Å². The number of hydrogen-bond acceptors (Lipinski definition) is 4. The molecule has 1 aromatic heterocycles. The molecule has 0 bridgehead atoms. The molecular weight excluding hydrogens is 179 g/mol. The van der Waals surface area contributed by atoms with Crippen LogP contribution in [0, 0.1) is 0 Å². The normalized spacial score (nSPS) is 8.82. The number of imidazole rings is 1. The van der Waals surface area contributed by atoms with Gasteiger partial charge in [0.15, 0.2) is 0 Å². The van der Waals surface area contributed by atoms with E-state index in [1.54, 1.807) is 6.20 Å². The third-order valence-corrected chi connectivity index (χ3v) is 1.32. The van der Waals surface area contributed by atoms with Gasteiger partial charge in [-0.25, -0.2) is 4.98 Å². The van der Waals surface area contributed by atoms with E-state index in [1.165, 1.54) is 6.20 Å². The average molecular weight is 188 g/mol. The molecule has 1 heterocycles. The average Bonchev–Trinajstić information content (AvgIpc) is 2.43. The Bertz CT molecular complexity index is 237. The van der Waals surface area contributed by atoms with E-state index in [0.29, 0.717) is 5.82 Å². The predicted octanol–water partition coefficient (Wildman–Crippen LogP) is 0.154. The van der Waals surface area contributed by atoms with Crippen LogP contribution in [0.15, 0.2) is 12.4 Å². The fourth-order valence-electron chi connectivity index (χ4n) is 0.489. The Hall–Kier alpha value is -0.308. The van der Waals surface area contributed by atoms with Crippen molar-refractivity contribution in [2.75, 3.05) is 0 Å². The second kappa shape index (κ2) is 6.41. The van der Waals surface area contributed by atoms with Gasteiger partial charge in [0, 0.05) is 12.4 Å². The fraction of sp³-hybridized carbons (Fsp3) is 0.400. The van der Waals surface area contributed by atoms with Gasteiger partial charge in [0.2, 0.25) is 0 Å². The molecule has 0 saturated heterocycles. The Morgan fingerprint density at radius 2 is 2.27 bits per heavy atom. The summed E-state index contributed by atoms with van der Waals surface area (Å²) in [7, 11) is -2.04. The van der Waals surface area contributed by atoms with E-state index in [0.717, 1.165) is 0 Å². The van der Waals surface area contributed by atoms with Crippen LogP contribution in [0.3, 0.4) is 0 Å². The van der Waals surface area contributed by atoms with Gasteiger partial charge < -0.3 is 13.4 Å². The predicted molar refractivity (Wildman–Crippen MR) is 44.0 cm³/mol. The SMILES string of the molecule is O=[S-](=O)Cc1ncc[nH]1.[CH3][AlH+]. The molecule has 0 saturated carbocycles. The van der Waals surface area contributed by atoms with E-state index < -0.39 is 10.7 Å². The van der Waals surface area contributed by atoms with Crippen LogP contribution in [0.25, 0.3) is 0 Å². The molecule has 0 spiro atoms. The second-order valence-electron chi connectivity index (χ2n) is 1.48. The summed E-state index contributed by atoms with van der Waals surface area (Å²) in [5, 5.41) is 0. The van der Waals surface area contributed by atoms with E-state index in [2.05, 4.69) is 9.97 Å². The van der Waals surface area contributed by atoms with Gasteiger partial charge in [-0.05, 0) is 5.75 Å². The molecule has 0 radical (unpaired) electrons. The van der Waals surface area contributed by atoms with Gasteiger partial charge in [0.1, 0.15) is 0 Å². The number of nitrogens with zero attached hydrogens (tertiary/aromatic N) is 1. The minimum atomic E-state index is -2.04. The van der Waals surface area contributed by atoms with E-state index >= 15 is 0 Å². The molecule has 1 aromatic rings. The van der Waals surface area contributed by atoms with E-state index in [-0.39, 0.29) is 5.75 Å². The molecule has 11 heavy (non-hydrogen) atoms. The van der Waals surface area contributed by atoms with Crippen molar-refractivity contribution < 1.29 is 8.42 Å².